The fraction of sp³-hybridized carbons (Fsp3) is 0. The normalized spacial score (nSPS) is 9.95. The van der Waals surface area contributed by atoms with Crippen molar-refractivity contribution in [1.82, 2.24) is 19.9 Å². The van der Waals surface area contributed by atoms with E-state index in [2.05, 4.69) is 31.2 Å². The van der Waals surface area contributed by atoms with E-state index in [1.807, 2.05) is 24.3 Å². The highest BCUT2D eigenvalue weighted by Gasteiger charge is 2.11. The second-order valence-electron chi connectivity index (χ2n) is 7.15. The van der Waals surface area contributed by atoms with Crippen LogP contribution in [-0.4, -0.2) is 29.8 Å². The maximum atomic E-state index is 10.8. The van der Waals surface area contributed by atoms with Crippen LogP contribution in [0.15, 0.2) is 73.3 Å². The summed E-state index contributed by atoms with van der Waals surface area (Å²) < 4.78 is 0. The van der Waals surface area contributed by atoms with Crippen molar-refractivity contribution < 1.29 is 9.85 Å². The zero-order valence-corrected chi connectivity index (χ0v) is 20.2. The van der Waals surface area contributed by atoms with E-state index < -0.39 is 9.85 Å². The molecule has 5 rings (SSSR count). The van der Waals surface area contributed by atoms with E-state index >= 15 is 0 Å². The molecule has 1 N–H and O–H groups in total. The number of hydrogen-bond acceptors (Lipinski definition) is 9. The lowest BCUT2D eigenvalue weighted by Gasteiger charge is -2.08. The number of nitrogens with one attached hydrogen (secondary N) is 1. The molecule has 0 aliphatic rings. The van der Waals surface area contributed by atoms with E-state index in [0.29, 0.717) is 32.8 Å². The molecule has 0 saturated carbocycles. The van der Waals surface area contributed by atoms with Crippen LogP contribution < -0.4 is 5.32 Å². The minimum Gasteiger partial charge on any atom is -0.340 e. The second-order valence-corrected chi connectivity index (χ2v) is 7.51. The molecule has 0 saturated heterocycles. The summed E-state index contributed by atoms with van der Waals surface area (Å²) in [6, 6.07) is 16.1. The molecular weight excluding hydrogens is 521 g/mol. The summed E-state index contributed by atoms with van der Waals surface area (Å²) >= 11 is 5.77. The molecule has 0 aliphatic carbocycles. The summed E-state index contributed by atoms with van der Waals surface area (Å²) in [4.78, 5) is 36.3. The molecule has 2 heterocycles. The molecule has 184 valence electrons. The second kappa shape index (κ2) is 11.7. The largest absolute Gasteiger partial charge is 0.340 e. The van der Waals surface area contributed by atoms with Crippen molar-refractivity contribution in [1.29, 1.82) is 0 Å². The van der Waals surface area contributed by atoms with Gasteiger partial charge in [0.25, 0.3) is 11.4 Å². The summed E-state index contributed by atoms with van der Waals surface area (Å²) in [5.41, 5.74) is 2.49. The number of nitro groups is 2. The van der Waals surface area contributed by atoms with Crippen LogP contribution in [-0.2, 0) is 0 Å². The van der Waals surface area contributed by atoms with Gasteiger partial charge in [0.15, 0.2) is 0 Å². The van der Waals surface area contributed by atoms with Crippen molar-refractivity contribution in [3.63, 3.8) is 0 Å². The number of halogens is 2. The molecule has 2 aromatic heterocycles. The van der Waals surface area contributed by atoms with Crippen LogP contribution in [0.25, 0.3) is 21.8 Å². The van der Waals surface area contributed by atoms with Crippen LogP contribution in [0.4, 0.5) is 22.9 Å². The van der Waals surface area contributed by atoms with Crippen molar-refractivity contribution in [2.45, 2.75) is 0 Å². The highest BCUT2D eigenvalue weighted by Crippen LogP contribution is 2.26. The minimum absolute atomic E-state index is 0. The number of aromatic nitrogens is 4. The summed E-state index contributed by atoms with van der Waals surface area (Å²) in [5.74, 6) is 3.13. The van der Waals surface area contributed by atoms with E-state index in [1.54, 1.807) is 6.07 Å². The van der Waals surface area contributed by atoms with Gasteiger partial charge in [-0.15, -0.1) is 18.8 Å². The lowest BCUT2D eigenvalue weighted by atomic mass is 10.2. The molecule has 0 atom stereocenters. The molecule has 37 heavy (non-hydrogen) atoms. The van der Waals surface area contributed by atoms with Gasteiger partial charge in [-0.3, -0.25) is 20.2 Å². The molecule has 3 aromatic carbocycles. The number of nitro benzene ring substituents is 2. The van der Waals surface area contributed by atoms with Crippen LogP contribution in [0.2, 0.25) is 5.15 Å². The number of terminal acetylenes is 1. The maximum absolute atomic E-state index is 10.8. The molecule has 5 aromatic rings. The lowest BCUT2D eigenvalue weighted by molar-refractivity contribution is -0.384. The Morgan fingerprint density at radius 2 is 1.41 bits per heavy atom. The Morgan fingerprint density at radius 1 is 0.811 bits per heavy atom. The fourth-order valence-corrected chi connectivity index (χ4v) is 3.41. The number of fused-ring (bicyclic) bond motifs is 2. The molecule has 0 aliphatic heterocycles. The van der Waals surface area contributed by atoms with Crippen molar-refractivity contribution in [2.24, 2.45) is 0 Å². The number of hydrogen-bond donors (Lipinski definition) is 1. The third-order valence-electron chi connectivity index (χ3n) is 4.91. The number of nitrogens with zero attached hydrogens (tertiary/aromatic N) is 6. The van der Waals surface area contributed by atoms with E-state index in [-0.39, 0.29) is 23.8 Å². The predicted octanol–water partition coefficient (Wildman–Crippen LogP) is 5.88. The summed E-state index contributed by atoms with van der Waals surface area (Å²) in [7, 11) is 0. The van der Waals surface area contributed by atoms with Crippen LogP contribution >= 0.6 is 24.0 Å². The van der Waals surface area contributed by atoms with Crippen LogP contribution in [0.1, 0.15) is 5.56 Å². The zero-order valence-electron chi connectivity index (χ0n) is 18.6. The first-order valence-corrected chi connectivity index (χ1v) is 10.5. The van der Waals surface area contributed by atoms with Gasteiger partial charge in [0.1, 0.15) is 23.6 Å². The van der Waals surface area contributed by atoms with E-state index in [4.69, 9.17) is 18.0 Å². The van der Waals surface area contributed by atoms with Gasteiger partial charge in [-0.25, -0.2) is 19.9 Å². The van der Waals surface area contributed by atoms with E-state index in [9.17, 15) is 20.2 Å². The molecule has 13 heteroatoms. The molecule has 0 bridgehead atoms. The molecule has 11 nitrogen and oxygen atoms in total. The predicted molar refractivity (Wildman–Crippen MR) is 142 cm³/mol. The van der Waals surface area contributed by atoms with Gasteiger partial charge in [-0.05, 0) is 30.3 Å². The van der Waals surface area contributed by atoms with Gasteiger partial charge in [-0.1, -0.05) is 23.6 Å². The van der Waals surface area contributed by atoms with Gasteiger partial charge >= 0.3 is 0 Å². The minimum atomic E-state index is -0.477. The average Bonchev–Trinajstić information content (AvgIpc) is 2.89. The fourth-order valence-electron chi connectivity index (χ4n) is 3.21. The first-order chi connectivity index (χ1) is 17.4. The first-order valence-electron chi connectivity index (χ1n) is 10.1. The summed E-state index contributed by atoms with van der Waals surface area (Å²) in [5, 5.41) is 26.0. The smallest absolute Gasteiger partial charge is 0.271 e. The third-order valence-corrected chi connectivity index (χ3v) is 5.21. The van der Waals surface area contributed by atoms with Crippen molar-refractivity contribution in [2.75, 3.05) is 5.32 Å². The number of benzene rings is 3. The van der Waals surface area contributed by atoms with Crippen LogP contribution in [0.3, 0.4) is 0 Å². The highest BCUT2D eigenvalue weighted by atomic mass is 35.5. The van der Waals surface area contributed by atoms with Gasteiger partial charge in [-0.2, -0.15) is 0 Å². The van der Waals surface area contributed by atoms with Gasteiger partial charge in [0.05, 0.1) is 20.9 Å². The Bertz CT molecular complexity index is 1680. The van der Waals surface area contributed by atoms with E-state index in [0.717, 1.165) is 11.3 Å². The molecule has 0 spiro atoms. The highest BCUT2D eigenvalue weighted by molar-refractivity contribution is 6.34. The molecular formula is C24H15Cl2N7O4. The van der Waals surface area contributed by atoms with Crippen molar-refractivity contribution in [3.8, 4) is 12.3 Å². The lowest BCUT2D eigenvalue weighted by Crippen LogP contribution is -1.97. The Balaban J connectivity index is 0.000000220. The van der Waals surface area contributed by atoms with Crippen molar-refractivity contribution in [3.05, 3.63) is 104 Å². The van der Waals surface area contributed by atoms with Gasteiger partial charge in [0.2, 0.25) is 0 Å². The molecule has 0 radical (unpaired) electrons. The third kappa shape index (κ3) is 6.21. The number of non-ortho nitro benzene ring substituents is 2. The zero-order chi connectivity index (χ0) is 25.7. The van der Waals surface area contributed by atoms with Crippen LogP contribution in [0, 0.1) is 32.6 Å². The Morgan fingerprint density at radius 3 is 2.03 bits per heavy atom. The number of rotatable bonds is 4. The average molecular weight is 536 g/mol. The maximum Gasteiger partial charge on any atom is 0.271 e. The molecule has 0 amide bonds. The quantitative estimate of drug-likeness (QED) is 0.129. The Hall–Kier alpha value is -4.92. The first kappa shape index (κ1) is 26.7. The Labute approximate surface area is 220 Å². The van der Waals surface area contributed by atoms with E-state index in [1.165, 1.54) is 43.0 Å². The summed E-state index contributed by atoms with van der Waals surface area (Å²) in [6.07, 6.45) is 8.01. The SMILES string of the molecule is C#Cc1cccc(Nc2ncnc3cc([N+](=O)[O-])ccc23)c1.Cl.O=[N+]([O-])c1ccc2c(Cl)ncnc2c1. The molecule has 0 unspecified atom stereocenters. The van der Waals surface area contributed by atoms with Gasteiger partial charge < -0.3 is 5.32 Å². The van der Waals surface area contributed by atoms with Crippen molar-refractivity contribution >= 4 is 68.7 Å². The monoisotopic (exact) mass is 535 g/mol. The van der Waals surface area contributed by atoms with Crippen LogP contribution in [0.5, 0.6) is 0 Å². The number of anilines is 2. The molecule has 0 fully saturated rings. The topological polar surface area (TPSA) is 150 Å². The summed E-state index contributed by atoms with van der Waals surface area (Å²) in [6.45, 7) is 0. The standard InChI is InChI=1S/C16H10N4O2.C8H4ClN3O2.ClH/c1-2-11-4-3-5-12(8-11)19-16-14-7-6-13(20(21)22)9-15(14)17-10-18-16;9-8-6-2-1-5(12(13)14)3-7(6)10-4-11-8;/h1,3-10H,(H,17,18,19);1-4H;1H. The van der Waals surface area contributed by atoms with Gasteiger partial charge in [0, 0.05) is 46.3 Å². The Kier molecular flexibility index (Phi) is 8.42.